The Hall–Kier alpha value is -3.84. The highest BCUT2D eigenvalue weighted by molar-refractivity contribution is 7.19. The number of imidazole rings is 1. The predicted molar refractivity (Wildman–Crippen MR) is 119 cm³/mol. The van der Waals surface area contributed by atoms with Crippen molar-refractivity contribution in [1.82, 2.24) is 14.6 Å². The molecule has 7 heteroatoms. The van der Waals surface area contributed by atoms with Crippen LogP contribution in [0.5, 0.6) is 0 Å². The van der Waals surface area contributed by atoms with E-state index in [0.717, 1.165) is 38.0 Å². The fraction of sp³-hybridized carbons (Fsp3) is 0.0435. The average Bonchev–Trinajstić information content (AvgIpc) is 3.33. The molecule has 6 nitrogen and oxygen atoms in total. The highest BCUT2D eigenvalue weighted by Crippen LogP contribution is 2.36. The van der Waals surface area contributed by atoms with Gasteiger partial charge in [-0.2, -0.15) is 5.10 Å². The van der Waals surface area contributed by atoms with Gasteiger partial charge >= 0.3 is 0 Å². The number of hydrogen-bond donors (Lipinski definition) is 0. The van der Waals surface area contributed by atoms with E-state index < -0.39 is 4.92 Å². The summed E-state index contributed by atoms with van der Waals surface area (Å²) >= 11 is 1.52. The molecule has 5 aromatic rings. The Morgan fingerprint density at radius 3 is 2.20 bits per heavy atom. The van der Waals surface area contributed by atoms with Crippen LogP contribution in [0.4, 0.5) is 5.69 Å². The maximum absolute atomic E-state index is 11.0. The molecule has 0 N–H and O–H groups in total. The van der Waals surface area contributed by atoms with Crippen LogP contribution in [0.25, 0.3) is 38.0 Å². The number of non-ortho nitro benzene ring substituents is 1. The van der Waals surface area contributed by atoms with Gasteiger partial charge in [-0.05, 0) is 19.1 Å². The molecule has 0 saturated carbocycles. The van der Waals surface area contributed by atoms with Gasteiger partial charge in [-0.3, -0.25) is 10.1 Å². The molecule has 0 fully saturated rings. The summed E-state index contributed by atoms with van der Waals surface area (Å²) in [4.78, 5) is 16.2. The first-order chi connectivity index (χ1) is 14.6. The van der Waals surface area contributed by atoms with Gasteiger partial charge in [-0.15, -0.1) is 0 Å². The van der Waals surface area contributed by atoms with E-state index in [-0.39, 0.29) is 5.69 Å². The lowest BCUT2D eigenvalue weighted by atomic mass is 10.0. The SMILES string of the molecule is Cc1ccc(-c2nn3c(-c4ccccc4)c(-c4ccc([N+](=O)[O-])cc4)nc3s2)cc1. The fourth-order valence-corrected chi connectivity index (χ4v) is 4.26. The summed E-state index contributed by atoms with van der Waals surface area (Å²) in [5.74, 6) is 0. The Bertz CT molecular complexity index is 1350. The number of nitro groups is 1. The number of aryl methyl sites for hydroxylation is 1. The van der Waals surface area contributed by atoms with E-state index in [1.54, 1.807) is 12.1 Å². The van der Waals surface area contributed by atoms with Crippen LogP contribution in [-0.2, 0) is 0 Å². The molecule has 3 aromatic carbocycles. The van der Waals surface area contributed by atoms with Crippen LogP contribution in [-0.4, -0.2) is 19.5 Å². The molecular weight excluding hydrogens is 396 g/mol. The summed E-state index contributed by atoms with van der Waals surface area (Å²) < 4.78 is 1.87. The molecule has 0 aliphatic heterocycles. The topological polar surface area (TPSA) is 73.3 Å². The van der Waals surface area contributed by atoms with Crippen molar-refractivity contribution in [2.45, 2.75) is 6.92 Å². The zero-order valence-electron chi connectivity index (χ0n) is 16.0. The molecule has 0 amide bonds. The minimum absolute atomic E-state index is 0.0563. The van der Waals surface area contributed by atoms with Crippen LogP contribution in [0.2, 0.25) is 0 Å². The van der Waals surface area contributed by atoms with E-state index >= 15 is 0 Å². The minimum atomic E-state index is -0.400. The van der Waals surface area contributed by atoms with Crippen molar-refractivity contribution in [3.8, 4) is 33.1 Å². The van der Waals surface area contributed by atoms with E-state index in [1.165, 1.54) is 29.0 Å². The Kier molecular flexibility index (Phi) is 4.37. The lowest BCUT2D eigenvalue weighted by Gasteiger charge is -2.04. The second-order valence-electron chi connectivity index (χ2n) is 6.95. The van der Waals surface area contributed by atoms with Gasteiger partial charge < -0.3 is 0 Å². The summed E-state index contributed by atoms with van der Waals surface area (Å²) in [5.41, 5.74) is 5.73. The maximum Gasteiger partial charge on any atom is 0.269 e. The van der Waals surface area contributed by atoms with Gasteiger partial charge in [0, 0.05) is 28.8 Å². The number of nitro benzene ring substituents is 1. The molecule has 0 radical (unpaired) electrons. The number of hydrogen-bond acceptors (Lipinski definition) is 5. The van der Waals surface area contributed by atoms with E-state index in [9.17, 15) is 10.1 Å². The Morgan fingerprint density at radius 2 is 1.53 bits per heavy atom. The van der Waals surface area contributed by atoms with Crippen LogP contribution in [0.1, 0.15) is 5.56 Å². The summed E-state index contributed by atoms with van der Waals surface area (Å²) in [6.07, 6.45) is 0. The molecule has 146 valence electrons. The largest absolute Gasteiger partial charge is 0.269 e. The first-order valence-corrected chi connectivity index (χ1v) is 10.2. The molecule has 2 heterocycles. The molecule has 0 aliphatic carbocycles. The van der Waals surface area contributed by atoms with Crippen molar-refractivity contribution >= 4 is 22.0 Å². The molecule has 5 rings (SSSR count). The number of benzene rings is 3. The van der Waals surface area contributed by atoms with Crippen molar-refractivity contribution in [2.75, 3.05) is 0 Å². The molecular formula is C23H16N4O2S. The smallest absolute Gasteiger partial charge is 0.258 e. The molecule has 0 spiro atoms. The standard InChI is InChI=1S/C23H16N4O2S/c1-15-7-9-18(10-8-15)22-25-26-21(17-5-3-2-4-6-17)20(24-23(26)30-22)16-11-13-19(14-12-16)27(28)29/h2-14H,1H3. The normalized spacial score (nSPS) is 11.1. The number of aromatic nitrogens is 3. The number of rotatable bonds is 4. The van der Waals surface area contributed by atoms with Crippen LogP contribution >= 0.6 is 11.3 Å². The molecule has 0 unspecified atom stereocenters. The van der Waals surface area contributed by atoms with Gasteiger partial charge in [0.1, 0.15) is 16.4 Å². The van der Waals surface area contributed by atoms with Gasteiger partial charge in [0.25, 0.3) is 5.69 Å². The molecule has 2 aromatic heterocycles. The zero-order chi connectivity index (χ0) is 20.7. The van der Waals surface area contributed by atoms with Crippen molar-refractivity contribution in [2.24, 2.45) is 0 Å². The van der Waals surface area contributed by atoms with Crippen LogP contribution in [0.15, 0.2) is 78.9 Å². The van der Waals surface area contributed by atoms with Gasteiger partial charge in [0.15, 0.2) is 0 Å². The highest BCUT2D eigenvalue weighted by atomic mass is 32.1. The Balaban J connectivity index is 1.70. The highest BCUT2D eigenvalue weighted by Gasteiger charge is 2.20. The Morgan fingerprint density at radius 1 is 0.867 bits per heavy atom. The van der Waals surface area contributed by atoms with Gasteiger partial charge in [0.2, 0.25) is 4.96 Å². The van der Waals surface area contributed by atoms with Crippen LogP contribution < -0.4 is 0 Å². The average molecular weight is 412 g/mol. The monoisotopic (exact) mass is 412 g/mol. The second kappa shape index (κ2) is 7.20. The lowest BCUT2D eigenvalue weighted by molar-refractivity contribution is -0.384. The number of fused-ring (bicyclic) bond motifs is 1. The van der Waals surface area contributed by atoms with Gasteiger partial charge in [-0.25, -0.2) is 9.50 Å². The summed E-state index contributed by atoms with van der Waals surface area (Å²) in [6, 6.07) is 24.7. The predicted octanol–water partition coefficient (Wildman–Crippen LogP) is 6.01. The lowest BCUT2D eigenvalue weighted by Crippen LogP contribution is -1.92. The first kappa shape index (κ1) is 18.2. The van der Waals surface area contributed by atoms with Crippen molar-refractivity contribution < 1.29 is 4.92 Å². The third-order valence-corrected chi connectivity index (χ3v) is 5.86. The molecule has 30 heavy (non-hydrogen) atoms. The van der Waals surface area contributed by atoms with E-state index in [2.05, 4.69) is 31.2 Å². The van der Waals surface area contributed by atoms with E-state index in [4.69, 9.17) is 10.1 Å². The minimum Gasteiger partial charge on any atom is -0.258 e. The Labute approximate surface area is 176 Å². The second-order valence-corrected chi connectivity index (χ2v) is 7.90. The summed E-state index contributed by atoms with van der Waals surface area (Å²) in [6.45, 7) is 2.06. The molecule has 0 saturated heterocycles. The fourth-order valence-electron chi connectivity index (χ4n) is 3.36. The first-order valence-electron chi connectivity index (χ1n) is 9.37. The van der Waals surface area contributed by atoms with Crippen molar-refractivity contribution in [3.63, 3.8) is 0 Å². The van der Waals surface area contributed by atoms with Gasteiger partial charge in [0.05, 0.1) is 4.92 Å². The van der Waals surface area contributed by atoms with Crippen LogP contribution in [0.3, 0.4) is 0 Å². The summed E-state index contributed by atoms with van der Waals surface area (Å²) in [7, 11) is 0. The van der Waals surface area contributed by atoms with Crippen molar-refractivity contribution in [3.05, 3.63) is 94.5 Å². The quantitative estimate of drug-likeness (QED) is 0.268. The third kappa shape index (κ3) is 3.15. The van der Waals surface area contributed by atoms with Crippen molar-refractivity contribution in [1.29, 1.82) is 0 Å². The zero-order valence-corrected chi connectivity index (χ0v) is 16.8. The molecule has 0 aliphatic rings. The number of nitrogens with zero attached hydrogens (tertiary/aromatic N) is 4. The van der Waals surface area contributed by atoms with E-state index in [1.807, 2.05) is 34.8 Å². The third-order valence-electron chi connectivity index (χ3n) is 4.90. The molecule has 0 bridgehead atoms. The van der Waals surface area contributed by atoms with Gasteiger partial charge in [-0.1, -0.05) is 71.5 Å². The maximum atomic E-state index is 11.0. The van der Waals surface area contributed by atoms with E-state index in [0.29, 0.717) is 0 Å². The summed E-state index contributed by atoms with van der Waals surface area (Å²) in [5, 5.41) is 16.7. The molecule has 0 atom stereocenters. The van der Waals surface area contributed by atoms with Crippen LogP contribution in [0, 0.1) is 17.0 Å².